The summed E-state index contributed by atoms with van der Waals surface area (Å²) < 4.78 is 1.18. The van der Waals surface area contributed by atoms with Crippen molar-refractivity contribution >= 4 is 15.9 Å². The normalized spacial score (nSPS) is 18.6. The standard InChI is InChI=1S/C19H22BrN/c1-12-4-5-13(2)18(10-12)14(3)21-19-9-6-15-11-16(20)7-8-17(15)19/h4-5,7-8,10-11,14,19,21H,6,9H2,1-3H3. The van der Waals surface area contributed by atoms with Crippen molar-refractivity contribution in [2.45, 2.75) is 45.7 Å². The Morgan fingerprint density at radius 3 is 2.76 bits per heavy atom. The predicted octanol–water partition coefficient (Wildman–Crippen LogP) is 5.40. The Morgan fingerprint density at radius 1 is 1.14 bits per heavy atom. The number of benzene rings is 2. The summed E-state index contributed by atoms with van der Waals surface area (Å²) in [6, 6.07) is 14.3. The van der Waals surface area contributed by atoms with Crippen LogP contribution in [0.4, 0.5) is 0 Å². The van der Waals surface area contributed by atoms with Crippen molar-refractivity contribution in [1.82, 2.24) is 5.32 Å². The lowest BCUT2D eigenvalue weighted by Crippen LogP contribution is -2.23. The highest BCUT2D eigenvalue weighted by atomic mass is 79.9. The molecule has 0 amide bonds. The Kier molecular flexibility index (Phi) is 4.19. The third kappa shape index (κ3) is 3.07. The van der Waals surface area contributed by atoms with Gasteiger partial charge in [0.05, 0.1) is 0 Å². The summed E-state index contributed by atoms with van der Waals surface area (Å²) in [4.78, 5) is 0. The number of halogens is 1. The molecule has 1 aliphatic rings. The molecule has 1 nitrogen and oxygen atoms in total. The SMILES string of the molecule is Cc1ccc(C)c(C(C)NC2CCc3cc(Br)ccc32)c1. The van der Waals surface area contributed by atoms with Gasteiger partial charge >= 0.3 is 0 Å². The molecule has 2 heteroatoms. The predicted molar refractivity (Wildman–Crippen MR) is 92.7 cm³/mol. The average molecular weight is 344 g/mol. The quantitative estimate of drug-likeness (QED) is 0.786. The van der Waals surface area contributed by atoms with Gasteiger partial charge in [-0.2, -0.15) is 0 Å². The lowest BCUT2D eigenvalue weighted by atomic mass is 9.98. The van der Waals surface area contributed by atoms with Gasteiger partial charge in [-0.3, -0.25) is 0 Å². The summed E-state index contributed by atoms with van der Waals surface area (Å²) in [5, 5.41) is 3.82. The van der Waals surface area contributed by atoms with E-state index in [4.69, 9.17) is 0 Å². The molecule has 2 aromatic rings. The van der Waals surface area contributed by atoms with Gasteiger partial charge in [-0.05, 0) is 68.0 Å². The third-order valence-corrected chi connectivity index (χ3v) is 5.03. The monoisotopic (exact) mass is 343 g/mol. The van der Waals surface area contributed by atoms with Gasteiger partial charge in [-0.15, -0.1) is 0 Å². The van der Waals surface area contributed by atoms with Crippen molar-refractivity contribution < 1.29 is 0 Å². The minimum atomic E-state index is 0.379. The lowest BCUT2D eigenvalue weighted by molar-refractivity contribution is 0.463. The number of aryl methyl sites for hydroxylation is 3. The fourth-order valence-corrected chi connectivity index (χ4v) is 3.79. The maximum Gasteiger partial charge on any atom is 0.0331 e. The zero-order valence-electron chi connectivity index (χ0n) is 12.9. The van der Waals surface area contributed by atoms with Gasteiger partial charge in [0.15, 0.2) is 0 Å². The number of fused-ring (bicyclic) bond motifs is 1. The topological polar surface area (TPSA) is 12.0 Å². The van der Waals surface area contributed by atoms with Gasteiger partial charge in [0.25, 0.3) is 0 Å². The molecule has 0 bridgehead atoms. The van der Waals surface area contributed by atoms with Crippen molar-refractivity contribution in [3.8, 4) is 0 Å². The average Bonchev–Trinajstić information content (AvgIpc) is 2.83. The third-order valence-electron chi connectivity index (χ3n) is 4.54. The van der Waals surface area contributed by atoms with Gasteiger partial charge in [0.1, 0.15) is 0 Å². The Bertz CT molecular complexity index is 663. The van der Waals surface area contributed by atoms with Crippen molar-refractivity contribution in [2.75, 3.05) is 0 Å². The van der Waals surface area contributed by atoms with E-state index in [9.17, 15) is 0 Å². The highest BCUT2D eigenvalue weighted by Gasteiger charge is 2.24. The second-order valence-electron chi connectivity index (χ2n) is 6.18. The van der Waals surface area contributed by atoms with Crippen LogP contribution in [-0.4, -0.2) is 0 Å². The van der Waals surface area contributed by atoms with Crippen molar-refractivity contribution in [2.24, 2.45) is 0 Å². The summed E-state index contributed by atoms with van der Waals surface area (Å²) in [5.41, 5.74) is 7.07. The first-order chi connectivity index (χ1) is 10.0. The van der Waals surface area contributed by atoms with Crippen LogP contribution in [0.5, 0.6) is 0 Å². The van der Waals surface area contributed by atoms with Crippen molar-refractivity contribution in [3.63, 3.8) is 0 Å². The summed E-state index contributed by atoms with van der Waals surface area (Å²) in [5.74, 6) is 0. The minimum Gasteiger partial charge on any atom is -0.303 e. The Hall–Kier alpha value is -1.12. The number of nitrogens with one attached hydrogen (secondary N) is 1. The van der Waals surface area contributed by atoms with Gasteiger partial charge in [-0.1, -0.05) is 45.8 Å². The second-order valence-corrected chi connectivity index (χ2v) is 7.10. The van der Waals surface area contributed by atoms with Crippen LogP contribution >= 0.6 is 15.9 Å². The van der Waals surface area contributed by atoms with Crippen LogP contribution in [0.25, 0.3) is 0 Å². The first kappa shape index (κ1) is 14.8. The first-order valence-corrected chi connectivity index (χ1v) is 8.45. The fourth-order valence-electron chi connectivity index (χ4n) is 3.38. The first-order valence-electron chi connectivity index (χ1n) is 7.66. The summed E-state index contributed by atoms with van der Waals surface area (Å²) in [6.07, 6.45) is 2.37. The smallest absolute Gasteiger partial charge is 0.0331 e. The van der Waals surface area contributed by atoms with Crippen LogP contribution in [0.1, 0.15) is 53.2 Å². The van der Waals surface area contributed by atoms with Gasteiger partial charge in [0.2, 0.25) is 0 Å². The van der Waals surface area contributed by atoms with E-state index in [0.29, 0.717) is 12.1 Å². The molecule has 0 aliphatic heterocycles. The van der Waals surface area contributed by atoms with Crippen LogP contribution in [0, 0.1) is 13.8 Å². The van der Waals surface area contributed by atoms with E-state index in [1.165, 1.54) is 45.1 Å². The Balaban J connectivity index is 1.81. The Labute approximate surface area is 135 Å². The van der Waals surface area contributed by atoms with Crippen LogP contribution in [0.15, 0.2) is 40.9 Å². The maximum atomic E-state index is 3.82. The van der Waals surface area contributed by atoms with Crippen LogP contribution in [0.2, 0.25) is 0 Å². The second kappa shape index (κ2) is 5.94. The van der Waals surface area contributed by atoms with Crippen molar-refractivity contribution in [1.29, 1.82) is 0 Å². The molecule has 2 aromatic carbocycles. The Morgan fingerprint density at radius 2 is 1.95 bits per heavy atom. The van der Waals surface area contributed by atoms with E-state index >= 15 is 0 Å². The minimum absolute atomic E-state index is 0.379. The van der Waals surface area contributed by atoms with Crippen LogP contribution < -0.4 is 5.32 Å². The molecule has 2 unspecified atom stereocenters. The van der Waals surface area contributed by atoms with Gasteiger partial charge < -0.3 is 5.32 Å². The largest absolute Gasteiger partial charge is 0.303 e. The fraction of sp³-hybridized carbons (Fsp3) is 0.368. The van der Waals surface area contributed by atoms with E-state index in [-0.39, 0.29) is 0 Å². The zero-order valence-corrected chi connectivity index (χ0v) is 14.5. The molecular formula is C19H22BrN. The molecule has 0 radical (unpaired) electrons. The van der Waals surface area contributed by atoms with E-state index < -0.39 is 0 Å². The van der Waals surface area contributed by atoms with E-state index in [1.54, 1.807) is 0 Å². The molecule has 0 aromatic heterocycles. The molecule has 3 rings (SSSR count). The lowest BCUT2D eigenvalue weighted by Gasteiger charge is -2.22. The molecule has 0 fully saturated rings. The molecule has 2 atom stereocenters. The van der Waals surface area contributed by atoms with Crippen LogP contribution in [0.3, 0.4) is 0 Å². The highest BCUT2D eigenvalue weighted by molar-refractivity contribution is 9.10. The molecule has 110 valence electrons. The molecule has 0 spiro atoms. The van der Waals surface area contributed by atoms with Crippen molar-refractivity contribution in [3.05, 3.63) is 68.7 Å². The molecular weight excluding hydrogens is 322 g/mol. The van der Waals surface area contributed by atoms with Gasteiger partial charge in [0, 0.05) is 16.6 Å². The van der Waals surface area contributed by atoms with Crippen LogP contribution in [-0.2, 0) is 6.42 Å². The zero-order chi connectivity index (χ0) is 15.0. The van der Waals surface area contributed by atoms with E-state index in [0.717, 1.165) is 0 Å². The molecule has 1 N–H and O–H groups in total. The maximum absolute atomic E-state index is 3.82. The molecule has 1 aliphatic carbocycles. The summed E-state index contributed by atoms with van der Waals surface area (Å²) in [7, 11) is 0. The molecule has 21 heavy (non-hydrogen) atoms. The summed E-state index contributed by atoms with van der Waals surface area (Å²) >= 11 is 3.57. The van der Waals surface area contributed by atoms with Gasteiger partial charge in [-0.25, -0.2) is 0 Å². The molecule has 0 heterocycles. The number of hydrogen-bond donors (Lipinski definition) is 1. The highest BCUT2D eigenvalue weighted by Crippen LogP contribution is 2.35. The molecule has 0 saturated heterocycles. The summed E-state index contributed by atoms with van der Waals surface area (Å²) in [6.45, 7) is 6.64. The number of hydrogen-bond acceptors (Lipinski definition) is 1. The number of rotatable bonds is 3. The van der Waals surface area contributed by atoms with E-state index in [1.807, 2.05) is 0 Å². The van der Waals surface area contributed by atoms with E-state index in [2.05, 4.69) is 78.4 Å². The molecule has 0 saturated carbocycles.